The molecule has 1 nitrogen and oxygen atoms in total. The third-order valence-electron chi connectivity index (χ3n) is 6.17. The molecule has 2 heteroatoms. The van der Waals surface area contributed by atoms with E-state index in [1.165, 1.54) is 24.5 Å². The topological polar surface area (TPSA) is 9.23 Å². The maximum Gasteiger partial charge on any atom is 0.165 e. The number of aryl methyl sites for hydroxylation is 1. The van der Waals surface area contributed by atoms with Gasteiger partial charge in [-0.15, -0.1) is 6.42 Å². The SMILES string of the molecule is C#CC(C)(c1ccc(CCCC)cc1)C(C)Cc1ccc(F)c(Oc2ccccc2)c1. The van der Waals surface area contributed by atoms with E-state index in [0.717, 1.165) is 24.0 Å². The first-order valence-corrected chi connectivity index (χ1v) is 11.0. The van der Waals surface area contributed by atoms with Crippen molar-refractivity contribution in [2.24, 2.45) is 5.92 Å². The minimum absolute atomic E-state index is 0.161. The number of terminal acetylenes is 1. The minimum Gasteiger partial charge on any atom is -0.454 e. The molecule has 0 aliphatic carbocycles. The van der Waals surface area contributed by atoms with Gasteiger partial charge in [-0.3, -0.25) is 0 Å². The van der Waals surface area contributed by atoms with Gasteiger partial charge in [-0.2, -0.15) is 0 Å². The maximum absolute atomic E-state index is 14.3. The number of benzene rings is 3. The highest BCUT2D eigenvalue weighted by Crippen LogP contribution is 2.35. The summed E-state index contributed by atoms with van der Waals surface area (Å²) in [5.74, 6) is 3.68. The third kappa shape index (κ3) is 5.56. The van der Waals surface area contributed by atoms with Crippen LogP contribution in [0.2, 0.25) is 0 Å². The molecule has 0 N–H and O–H groups in total. The van der Waals surface area contributed by atoms with E-state index in [4.69, 9.17) is 11.2 Å². The Labute approximate surface area is 186 Å². The molecule has 0 heterocycles. The van der Waals surface area contributed by atoms with Gasteiger partial charge in [0.25, 0.3) is 0 Å². The average molecular weight is 415 g/mol. The Bertz CT molecular complexity index is 1020. The van der Waals surface area contributed by atoms with E-state index in [-0.39, 0.29) is 17.5 Å². The summed E-state index contributed by atoms with van der Waals surface area (Å²) in [6.07, 6.45) is 10.2. The van der Waals surface area contributed by atoms with Crippen LogP contribution in [0, 0.1) is 24.1 Å². The fraction of sp³-hybridized carbons (Fsp3) is 0.310. The van der Waals surface area contributed by atoms with Crippen molar-refractivity contribution in [3.8, 4) is 23.8 Å². The van der Waals surface area contributed by atoms with Gasteiger partial charge in [0.05, 0.1) is 5.41 Å². The quantitative estimate of drug-likeness (QED) is 0.326. The van der Waals surface area contributed by atoms with Crippen LogP contribution in [0.1, 0.15) is 50.3 Å². The number of unbranched alkanes of at least 4 members (excludes halogenated alkanes) is 1. The maximum atomic E-state index is 14.3. The second-order valence-electron chi connectivity index (χ2n) is 8.43. The van der Waals surface area contributed by atoms with E-state index >= 15 is 0 Å². The number of ether oxygens (including phenoxy) is 1. The summed E-state index contributed by atoms with van der Waals surface area (Å²) >= 11 is 0. The third-order valence-corrected chi connectivity index (χ3v) is 6.17. The number of halogens is 1. The molecule has 0 fully saturated rings. The van der Waals surface area contributed by atoms with Crippen LogP contribution in [0.25, 0.3) is 0 Å². The molecule has 0 bridgehead atoms. The lowest BCUT2D eigenvalue weighted by molar-refractivity contribution is 0.397. The summed E-state index contributed by atoms with van der Waals surface area (Å²) in [5.41, 5.74) is 3.07. The summed E-state index contributed by atoms with van der Waals surface area (Å²) in [6.45, 7) is 6.48. The van der Waals surface area contributed by atoms with Gasteiger partial charge in [0.2, 0.25) is 0 Å². The molecule has 0 saturated carbocycles. The zero-order valence-corrected chi connectivity index (χ0v) is 18.7. The first kappa shape index (κ1) is 22.6. The van der Waals surface area contributed by atoms with Gasteiger partial charge in [0.15, 0.2) is 11.6 Å². The molecule has 0 spiro atoms. The Morgan fingerprint density at radius 2 is 1.68 bits per heavy atom. The van der Waals surface area contributed by atoms with Crippen LogP contribution < -0.4 is 4.74 Å². The smallest absolute Gasteiger partial charge is 0.165 e. The van der Waals surface area contributed by atoms with Crippen molar-refractivity contribution < 1.29 is 9.13 Å². The minimum atomic E-state index is -0.419. The Kier molecular flexibility index (Phi) is 7.53. The van der Waals surface area contributed by atoms with E-state index in [2.05, 4.69) is 51.0 Å². The van der Waals surface area contributed by atoms with Crippen molar-refractivity contribution in [1.82, 2.24) is 0 Å². The molecule has 2 unspecified atom stereocenters. The normalized spacial score (nSPS) is 13.8. The average Bonchev–Trinajstić information content (AvgIpc) is 2.80. The molecule has 0 amide bonds. The van der Waals surface area contributed by atoms with Gasteiger partial charge >= 0.3 is 0 Å². The molecule has 31 heavy (non-hydrogen) atoms. The summed E-state index contributed by atoms with van der Waals surface area (Å²) in [7, 11) is 0. The van der Waals surface area contributed by atoms with E-state index in [1.54, 1.807) is 6.07 Å². The van der Waals surface area contributed by atoms with Gasteiger partial charge in [0, 0.05) is 0 Å². The fourth-order valence-electron chi connectivity index (χ4n) is 3.83. The number of para-hydroxylation sites is 1. The van der Waals surface area contributed by atoms with Crippen molar-refractivity contribution in [1.29, 1.82) is 0 Å². The van der Waals surface area contributed by atoms with Gasteiger partial charge in [-0.1, -0.05) is 74.7 Å². The van der Waals surface area contributed by atoms with Crippen LogP contribution in [-0.2, 0) is 18.3 Å². The van der Waals surface area contributed by atoms with Crippen LogP contribution >= 0.6 is 0 Å². The zero-order chi connectivity index (χ0) is 22.3. The second kappa shape index (κ2) is 10.3. The molecular formula is C29H31FO. The van der Waals surface area contributed by atoms with Gasteiger partial charge in [0.1, 0.15) is 5.75 Å². The lowest BCUT2D eigenvalue weighted by atomic mass is 9.71. The fourth-order valence-corrected chi connectivity index (χ4v) is 3.83. The zero-order valence-electron chi connectivity index (χ0n) is 18.7. The standard InChI is InChI=1S/C29H31FO/c1-5-7-11-23-14-17-25(18-15-23)29(4,6-2)22(3)20-24-16-19-27(30)28(21-24)31-26-12-9-8-10-13-26/h2,8-10,12-19,21-22H,5,7,11,20H2,1,3-4H3. The van der Waals surface area contributed by atoms with Crippen molar-refractivity contribution in [3.63, 3.8) is 0 Å². The first-order chi connectivity index (χ1) is 15.0. The van der Waals surface area contributed by atoms with Crippen LogP contribution in [0.3, 0.4) is 0 Å². The first-order valence-electron chi connectivity index (χ1n) is 11.0. The molecular weight excluding hydrogens is 383 g/mol. The van der Waals surface area contributed by atoms with Gasteiger partial charge in [-0.05, 0) is 73.1 Å². The highest BCUT2D eigenvalue weighted by molar-refractivity contribution is 5.39. The lowest BCUT2D eigenvalue weighted by Crippen LogP contribution is -2.30. The van der Waals surface area contributed by atoms with Crippen LogP contribution in [0.5, 0.6) is 11.5 Å². The molecule has 3 rings (SSSR count). The Morgan fingerprint density at radius 3 is 2.32 bits per heavy atom. The van der Waals surface area contributed by atoms with Crippen LogP contribution in [0.4, 0.5) is 4.39 Å². The Hall–Kier alpha value is -3.05. The molecule has 0 aliphatic rings. The molecule has 3 aromatic rings. The molecule has 2 atom stereocenters. The molecule has 0 saturated heterocycles. The molecule has 0 radical (unpaired) electrons. The van der Waals surface area contributed by atoms with Crippen LogP contribution in [0.15, 0.2) is 72.8 Å². The van der Waals surface area contributed by atoms with Crippen molar-refractivity contribution in [2.45, 2.75) is 51.9 Å². The lowest BCUT2D eigenvalue weighted by Gasteiger charge is -2.32. The Morgan fingerprint density at radius 1 is 1.00 bits per heavy atom. The molecule has 3 aromatic carbocycles. The molecule has 160 valence electrons. The second-order valence-corrected chi connectivity index (χ2v) is 8.43. The predicted octanol–water partition coefficient (Wildman–Crippen LogP) is 7.73. The summed E-state index contributed by atoms with van der Waals surface area (Å²) in [6, 6.07) is 23.0. The molecule has 0 aliphatic heterocycles. The molecule has 0 aromatic heterocycles. The highest BCUT2D eigenvalue weighted by Gasteiger charge is 2.31. The van der Waals surface area contributed by atoms with E-state index in [9.17, 15) is 4.39 Å². The van der Waals surface area contributed by atoms with Crippen LogP contribution in [-0.4, -0.2) is 0 Å². The number of hydrogen-bond donors (Lipinski definition) is 0. The summed E-state index contributed by atoms with van der Waals surface area (Å²) < 4.78 is 20.1. The largest absolute Gasteiger partial charge is 0.454 e. The van der Waals surface area contributed by atoms with E-state index in [1.807, 2.05) is 36.4 Å². The summed E-state index contributed by atoms with van der Waals surface area (Å²) in [4.78, 5) is 0. The number of hydrogen-bond acceptors (Lipinski definition) is 1. The highest BCUT2D eigenvalue weighted by atomic mass is 19.1. The van der Waals surface area contributed by atoms with Crippen molar-refractivity contribution in [2.75, 3.05) is 0 Å². The van der Waals surface area contributed by atoms with Gasteiger partial charge in [-0.25, -0.2) is 4.39 Å². The van der Waals surface area contributed by atoms with Crippen molar-refractivity contribution >= 4 is 0 Å². The van der Waals surface area contributed by atoms with E-state index < -0.39 is 5.41 Å². The van der Waals surface area contributed by atoms with Gasteiger partial charge < -0.3 is 4.74 Å². The Balaban J connectivity index is 1.78. The summed E-state index contributed by atoms with van der Waals surface area (Å²) in [5, 5.41) is 0. The monoisotopic (exact) mass is 414 g/mol. The van der Waals surface area contributed by atoms with Crippen molar-refractivity contribution in [3.05, 3.63) is 95.3 Å². The van der Waals surface area contributed by atoms with E-state index in [0.29, 0.717) is 5.75 Å². The number of rotatable bonds is 9. The predicted molar refractivity (Wildman–Crippen MR) is 127 cm³/mol.